The van der Waals surface area contributed by atoms with E-state index in [1.165, 1.54) is 11.9 Å². The van der Waals surface area contributed by atoms with Gasteiger partial charge in [-0.25, -0.2) is 9.97 Å². The molecule has 1 heterocycles. The van der Waals surface area contributed by atoms with Gasteiger partial charge >= 0.3 is 0 Å². The van der Waals surface area contributed by atoms with Crippen molar-refractivity contribution in [2.45, 2.75) is 27.7 Å². The first kappa shape index (κ1) is 15.9. The number of aromatic nitrogens is 2. The highest BCUT2D eigenvalue weighted by Crippen LogP contribution is 2.21. The van der Waals surface area contributed by atoms with Gasteiger partial charge in [0.15, 0.2) is 0 Å². The van der Waals surface area contributed by atoms with Crippen LogP contribution in [-0.2, 0) is 0 Å². The van der Waals surface area contributed by atoms with Crippen molar-refractivity contribution in [2.75, 3.05) is 11.9 Å². The Bertz CT molecular complexity index is 667. The minimum Gasteiger partial charge on any atom is -0.350 e. The highest BCUT2D eigenvalue weighted by atomic mass is 16.1. The predicted octanol–water partition coefficient (Wildman–Crippen LogP) is 3.22. The number of benzene rings is 1. The number of nitrogens with zero attached hydrogens (tertiary/aromatic N) is 2. The maximum absolute atomic E-state index is 12.0. The molecule has 0 unspecified atom stereocenters. The number of hydrogen-bond donors (Lipinski definition) is 2. The second kappa shape index (κ2) is 7.02. The van der Waals surface area contributed by atoms with Crippen LogP contribution in [-0.4, -0.2) is 22.4 Å². The summed E-state index contributed by atoms with van der Waals surface area (Å²) in [5.74, 6) is 0.830. The fourth-order valence-electron chi connectivity index (χ4n) is 1.96. The summed E-state index contributed by atoms with van der Waals surface area (Å²) in [7, 11) is 0. The number of amides is 1. The molecule has 2 rings (SSSR count). The Kier molecular flexibility index (Phi) is 5.09. The van der Waals surface area contributed by atoms with Crippen LogP contribution in [0.25, 0.3) is 0 Å². The Morgan fingerprint density at radius 1 is 1.23 bits per heavy atom. The topological polar surface area (TPSA) is 66.9 Å². The fourth-order valence-corrected chi connectivity index (χ4v) is 1.96. The minimum atomic E-state index is -0.180. The first-order valence-corrected chi connectivity index (χ1v) is 7.41. The first-order valence-electron chi connectivity index (χ1n) is 7.41. The monoisotopic (exact) mass is 298 g/mol. The Balaban J connectivity index is 2.15. The molecule has 0 saturated carbocycles. The molecule has 116 valence electrons. The zero-order chi connectivity index (χ0) is 16.1. The van der Waals surface area contributed by atoms with Crippen molar-refractivity contribution in [3.05, 3.63) is 47.4 Å². The SMILES string of the molecule is Cc1cccc(Nc2cc(C(=O)NCC(C)C)ncn2)c1C. The second-order valence-electron chi connectivity index (χ2n) is 5.76. The van der Waals surface area contributed by atoms with Crippen molar-refractivity contribution >= 4 is 17.4 Å². The van der Waals surface area contributed by atoms with Gasteiger partial charge in [-0.2, -0.15) is 0 Å². The predicted molar refractivity (Wildman–Crippen MR) is 88.4 cm³/mol. The van der Waals surface area contributed by atoms with Crippen molar-refractivity contribution in [1.82, 2.24) is 15.3 Å². The number of rotatable bonds is 5. The summed E-state index contributed by atoms with van der Waals surface area (Å²) in [4.78, 5) is 20.3. The molecule has 0 bridgehead atoms. The van der Waals surface area contributed by atoms with Crippen molar-refractivity contribution < 1.29 is 4.79 Å². The van der Waals surface area contributed by atoms with E-state index < -0.39 is 0 Å². The quantitative estimate of drug-likeness (QED) is 0.889. The lowest BCUT2D eigenvalue weighted by molar-refractivity contribution is 0.0944. The van der Waals surface area contributed by atoms with Crippen molar-refractivity contribution in [3.63, 3.8) is 0 Å². The zero-order valence-electron chi connectivity index (χ0n) is 13.5. The van der Waals surface area contributed by atoms with E-state index in [2.05, 4.69) is 40.5 Å². The molecule has 1 aromatic carbocycles. The van der Waals surface area contributed by atoms with Crippen LogP contribution in [0.1, 0.15) is 35.5 Å². The number of hydrogen-bond acceptors (Lipinski definition) is 4. The molecule has 0 aliphatic carbocycles. The zero-order valence-corrected chi connectivity index (χ0v) is 13.5. The number of nitrogens with one attached hydrogen (secondary N) is 2. The third-order valence-electron chi connectivity index (χ3n) is 3.44. The highest BCUT2D eigenvalue weighted by molar-refractivity contribution is 5.93. The van der Waals surface area contributed by atoms with E-state index in [1.807, 2.05) is 26.0 Å². The molecular weight excluding hydrogens is 276 g/mol. The molecule has 22 heavy (non-hydrogen) atoms. The van der Waals surface area contributed by atoms with Crippen LogP contribution in [0.15, 0.2) is 30.6 Å². The molecule has 0 aliphatic rings. The lowest BCUT2D eigenvalue weighted by atomic mass is 10.1. The van der Waals surface area contributed by atoms with Gasteiger partial charge in [-0.05, 0) is 37.0 Å². The third kappa shape index (κ3) is 4.04. The minimum absolute atomic E-state index is 0.180. The van der Waals surface area contributed by atoms with Gasteiger partial charge in [0.05, 0.1) is 0 Å². The van der Waals surface area contributed by atoms with E-state index in [-0.39, 0.29) is 5.91 Å². The van der Waals surface area contributed by atoms with E-state index in [0.717, 1.165) is 11.3 Å². The molecule has 2 N–H and O–H groups in total. The van der Waals surface area contributed by atoms with Gasteiger partial charge in [0.25, 0.3) is 5.91 Å². The summed E-state index contributed by atoms with van der Waals surface area (Å²) in [6, 6.07) is 7.70. The molecule has 5 heteroatoms. The molecule has 2 aromatic rings. The van der Waals surface area contributed by atoms with Gasteiger partial charge in [0, 0.05) is 18.3 Å². The molecule has 5 nitrogen and oxygen atoms in total. The molecule has 0 radical (unpaired) electrons. The Morgan fingerprint density at radius 2 is 2.00 bits per heavy atom. The Morgan fingerprint density at radius 3 is 2.73 bits per heavy atom. The van der Waals surface area contributed by atoms with Crippen LogP contribution >= 0.6 is 0 Å². The van der Waals surface area contributed by atoms with E-state index in [1.54, 1.807) is 6.07 Å². The van der Waals surface area contributed by atoms with Crippen molar-refractivity contribution in [2.24, 2.45) is 5.92 Å². The fraction of sp³-hybridized carbons (Fsp3) is 0.353. The summed E-state index contributed by atoms with van der Waals surface area (Å²) >= 11 is 0. The van der Waals surface area contributed by atoms with E-state index >= 15 is 0 Å². The standard InChI is InChI=1S/C17H22N4O/c1-11(2)9-18-17(22)15-8-16(20-10-19-15)21-14-7-5-6-12(3)13(14)4/h5-8,10-11H,9H2,1-4H3,(H,18,22)(H,19,20,21). The molecule has 0 spiro atoms. The number of carbonyl (C=O) groups is 1. The first-order chi connectivity index (χ1) is 10.5. The van der Waals surface area contributed by atoms with E-state index in [9.17, 15) is 4.79 Å². The average molecular weight is 298 g/mol. The lowest BCUT2D eigenvalue weighted by Gasteiger charge is -2.11. The lowest BCUT2D eigenvalue weighted by Crippen LogP contribution is -2.28. The van der Waals surface area contributed by atoms with Crippen LogP contribution in [0.2, 0.25) is 0 Å². The van der Waals surface area contributed by atoms with Crippen LogP contribution in [0.4, 0.5) is 11.5 Å². The van der Waals surface area contributed by atoms with Crippen LogP contribution in [0.5, 0.6) is 0 Å². The molecule has 1 amide bonds. The van der Waals surface area contributed by atoms with Gasteiger partial charge in [-0.15, -0.1) is 0 Å². The molecule has 1 aromatic heterocycles. The number of aryl methyl sites for hydroxylation is 1. The van der Waals surface area contributed by atoms with Crippen molar-refractivity contribution in [3.8, 4) is 0 Å². The molecule has 0 fully saturated rings. The van der Waals surface area contributed by atoms with Gasteiger partial charge in [-0.1, -0.05) is 26.0 Å². The summed E-state index contributed by atoms with van der Waals surface area (Å²) in [5.41, 5.74) is 3.71. The molecule has 0 aliphatic heterocycles. The van der Waals surface area contributed by atoms with Gasteiger partial charge < -0.3 is 10.6 Å². The smallest absolute Gasteiger partial charge is 0.270 e. The second-order valence-corrected chi connectivity index (χ2v) is 5.76. The van der Waals surface area contributed by atoms with Crippen molar-refractivity contribution in [1.29, 1.82) is 0 Å². The van der Waals surface area contributed by atoms with Crippen LogP contribution in [0.3, 0.4) is 0 Å². The van der Waals surface area contributed by atoms with Gasteiger partial charge in [-0.3, -0.25) is 4.79 Å². The third-order valence-corrected chi connectivity index (χ3v) is 3.44. The maximum Gasteiger partial charge on any atom is 0.270 e. The van der Waals surface area contributed by atoms with E-state index in [4.69, 9.17) is 0 Å². The van der Waals surface area contributed by atoms with Gasteiger partial charge in [0.2, 0.25) is 0 Å². The summed E-state index contributed by atoms with van der Waals surface area (Å²) in [6.45, 7) is 8.84. The molecule has 0 atom stereocenters. The van der Waals surface area contributed by atoms with Gasteiger partial charge in [0.1, 0.15) is 17.8 Å². The molecular formula is C17H22N4O. The number of anilines is 2. The Hall–Kier alpha value is -2.43. The molecule has 0 saturated heterocycles. The normalized spacial score (nSPS) is 10.6. The van der Waals surface area contributed by atoms with Crippen LogP contribution in [0, 0.1) is 19.8 Å². The summed E-state index contributed by atoms with van der Waals surface area (Å²) in [5, 5.41) is 6.10. The summed E-state index contributed by atoms with van der Waals surface area (Å²) in [6.07, 6.45) is 1.40. The maximum atomic E-state index is 12.0. The number of carbonyl (C=O) groups excluding carboxylic acids is 1. The Labute approximate surface area is 131 Å². The average Bonchev–Trinajstić information content (AvgIpc) is 2.50. The highest BCUT2D eigenvalue weighted by Gasteiger charge is 2.10. The van der Waals surface area contributed by atoms with E-state index in [0.29, 0.717) is 24.0 Å². The largest absolute Gasteiger partial charge is 0.350 e. The van der Waals surface area contributed by atoms with Crippen LogP contribution < -0.4 is 10.6 Å². The summed E-state index contributed by atoms with van der Waals surface area (Å²) < 4.78 is 0.